The number of carbonyl (C=O) groups is 1. The zero-order valence-electron chi connectivity index (χ0n) is 15.3. The van der Waals surface area contributed by atoms with Crippen molar-refractivity contribution in [3.8, 4) is 0 Å². The maximum Gasteiger partial charge on any atom is 0.312 e. The molecule has 144 valence electrons. The molecule has 27 heavy (non-hydrogen) atoms. The number of benzene rings is 1. The molecule has 1 aromatic heterocycles. The van der Waals surface area contributed by atoms with Crippen molar-refractivity contribution >= 4 is 17.6 Å². The summed E-state index contributed by atoms with van der Waals surface area (Å²) in [6.07, 6.45) is 6.58. The molecule has 3 unspecified atom stereocenters. The van der Waals surface area contributed by atoms with Gasteiger partial charge < -0.3 is 10.2 Å². The van der Waals surface area contributed by atoms with Gasteiger partial charge in [0.2, 0.25) is 0 Å². The van der Waals surface area contributed by atoms with Gasteiger partial charge in [0.05, 0.1) is 12.0 Å². The van der Waals surface area contributed by atoms with Crippen LogP contribution < -0.4 is 0 Å². The van der Waals surface area contributed by atoms with Gasteiger partial charge in [-0.1, -0.05) is 29.8 Å². The largest absolute Gasteiger partial charge is 0.481 e. The number of rotatable bonds is 7. The Balaban J connectivity index is 2.09. The lowest BCUT2D eigenvalue weighted by Crippen LogP contribution is -2.59. The predicted octanol–water partition coefficient (Wildman–Crippen LogP) is 3.35. The van der Waals surface area contributed by atoms with Crippen molar-refractivity contribution in [1.82, 2.24) is 14.8 Å². The highest BCUT2D eigenvalue weighted by Crippen LogP contribution is 2.61. The molecule has 1 saturated carbocycles. The molecule has 0 saturated heterocycles. The number of carboxylic acid groups (broad SMARTS) is 1. The smallest absolute Gasteiger partial charge is 0.312 e. The van der Waals surface area contributed by atoms with E-state index in [1.807, 2.05) is 12.1 Å². The molecule has 0 bridgehead atoms. The fourth-order valence-corrected chi connectivity index (χ4v) is 4.64. The first-order valence-corrected chi connectivity index (χ1v) is 9.28. The third kappa shape index (κ3) is 3.17. The molecular weight excluding hydrogens is 366 g/mol. The first kappa shape index (κ1) is 19.6. The quantitative estimate of drug-likeness (QED) is 0.709. The zero-order valence-corrected chi connectivity index (χ0v) is 16.1. The summed E-state index contributed by atoms with van der Waals surface area (Å²) in [5.74, 6) is -1.01. The first-order chi connectivity index (χ1) is 12.8. The Morgan fingerprint density at radius 2 is 2.07 bits per heavy atom. The van der Waals surface area contributed by atoms with Crippen molar-refractivity contribution in [2.24, 2.45) is 10.8 Å². The Kier molecular flexibility index (Phi) is 5.14. The Labute approximate surface area is 163 Å². The molecule has 0 spiro atoms. The second-order valence-corrected chi connectivity index (χ2v) is 8.10. The summed E-state index contributed by atoms with van der Waals surface area (Å²) in [6, 6.07) is 7.44. The van der Waals surface area contributed by atoms with Crippen LogP contribution in [-0.2, 0) is 17.8 Å². The van der Waals surface area contributed by atoms with Gasteiger partial charge in [-0.2, -0.15) is 5.10 Å². The summed E-state index contributed by atoms with van der Waals surface area (Å²) >= 11 is 6.00. The molecular formula is C20H24ClN3O3. The van der Waals surface area contributed by atoms with Crippen molar-refractivity contribution in [2.75, 3.05) is 0 Å². The number of allylic oxidation sites excluding steroid dienone is 1. The lowest BCUT2D eigenvalue weighted by Gasteiger charge is -2.47. The minimum absolute atomic E-state index is 0.0528. The van der Waals surface area contributed by atoms with E-state index in [-0.39, 0.29) is 6.54 Å². The van der Waals surface area contributed by atoms with E-state index in [2.05, 4.69) is 16.7 Å². The van der Waals surface area contributed by atoms with E-state index in [4.69, 9.17) is 11.6 Å². The van der Waals surface area contributed by atoms with Crippen LogP contribution in [0.1, 0.15) is 31.7 Å². The SMILES string of the molecule is C=CCC1(Cc2ccc(Cl)cc2)CCC(C)(C(=O)O)C1(O)Cn1cncn1. The van der Waals surface area contributed by atoms with Gasteiger partial charge in [-0.05, 0) is 50.3 Å². The van der Waals surface area contributed by atoms with Gasteiger partial charge in [0.1, 0.15) is 18.3 Å². The van der Waals surface area contributed by atoms with E-state index in [9.17, 15) is 15.0 Å². The van der Waals surface area contributed by atoms with Crippen LogP contribution in [0.5, 0.6) is 0 Å². The summed E-state index contributed by atoms with van der Waals surface area (Å²) in [5.41, 5.74) is -2.54. The third-order valence-electron chi connectivity index (χ3n) is 6.21. The molecule has 0 amide bonds. The van der Waals surface area contributed by atoms with Gasteiger partial charge in [-0.15, -0.1) is 6.58 Å². The number of carboxylic acids is 1. The van der Waals surface area contributed by atoms with Crippen molar-refractivity contribution in [2.45, 2.75) is 44.8 Å². The highest BCUT2D eigenvalue weighted by molar-refractivity contribution is 6.30. The highest BCUT2D eigenvalue weighted by atomic mass is 35.5. The van der Waals surface area contributed by atoms with Crippen LogP contribution in [0, 0.1) is 10.8 Å². The topological polar surface area (TPSA) is 88.2 Å². The van der Waals surface area contributed by atoms with Gasteiger partial charge in [0, 0.05) is 10.4 Å². The van der Waals surface area contributed by atoms with Crippen molar-refractivity contribution in [3.05, 3.63) is 60.2 Å². The lowest BCUT2D eigenvalue weighted by atomic mass is 9.61. The number of aromatic nitrogens is 3. The fourth-order valence-electron chi connectivity index (χ4n) is 4.51. The predicted molar refractivity (Wildman–Crippen MR) is 102 cm³/mol. The minimum Gasteiger partial charge on any atom is -0.481 e. The maximum absolute atomic E-state index is 12.2. The summed E-state index contributed by atoms with van der Waals surface area (Å²) in [4.78, 5) is 16.1. The normalized spacial score (nSPS) is 30.3. The minimum atomic E-state index is -1.53. The first-order valence-electron chi connectivity index (χ1n) is 8.90. The lowest BCUT2D eigenvalue weighted by molar-refractivity contribution is -0.180. The van der Waals surface area contributed by atoms with Crippen molar-refractivity contribution in [3.63, 3.8) is 0 Å². The molecule has 1 fully saturated rings. The Bertz CT molecular complexity index is 824. The van der Waals surface area contributed by atoms with Gasteiger partial charge in [0.15, 0.2) is 0 Å². The van der Waals surface area contributed by atoms with Crippen LogP contribution in [0.25, 0.3) is 0 Å². The van der Waals surface area contributed by atoms with Crippen molar-refractivity contribution in [1.29, 1.82) is 0 Å². The summed E-state index contributed by atoms with van der Waals surface area (Å²) in [7, 11) is 0. The molecule has 7 heteroatoms. The number of aliphatic hydroxyl groups is 1. The van der Waals surface area contributed by atoms with E-state index < -0.39 is 22.4 Å². The van der Waals surface area contributed by atoms with E-state index in [0.29, 0.717) is 30.7 Å². The molecule has 1 aliphatic carbocycles. The second-order valence-electron chi connectivity index (χ2n) is 7.67. The molecule has 2 N–H and O–H groups in total. The van der Waals surface area contributed by atoms with Crippen LogP contribution >= 0.6 is 11.6 Å². The molecule has 1 aromatic carbocycles. The van der Waals surface area contributed by atoms with Crippen LogP contribution in [-0.4, -0.2) is 36.5 Å². The summed E-state index contributed by atoms with van der Waals surface area (Å²) < 4.78 is 1.51. The molecule has 1 aliphatic rings. The van der Waals surface area contributed by atoms with E-state index >= 15 is 0 Å². The van der Waals surface area contributed by atoms with Crippen LogP contribution in [0.2, 0.25) is 5.02 Å². The van der Waals surface area contributed by atoms with Gasteiger partial charge in [0.25, 0.3) is 0 Å². The van der Waals surface area contributed by atoms with Gasteiger partial charge in [-0.25, -0.2) is 4.98 Å². The number of aliphatic carboxylic acids is 1. The summed E-state index contributed by atoms with van der Waals surface area (Å²) in [6.45, 7) is 5.54. The number of halogens is 1. The number of hydrogen-bond donors (Lipinski definition) is 2. The van der Waals surface area contributed by atoms with E-state index in [0.717, 1.165) is 5.56 Å². The number of hydrogen-bond acceptors (Lipinski definition) is 4. The van der Waals surface area contributed by atoms with E-state index in [1.165, 1.54) is 17.3 Å². The summed E-state index contributed by atoms with van der Waals surface area (Å²) in [5, 5.41) is 26.7. The average molecular weight is 390 g/mol. The fraction of sp³-hybridized carbons (Fsp3) is 0.450. The van der Waals surface area contributed by atoms with E-state index in [1.54, 1.807) is 25.1 Å². The Morgan fingerprint density at radius 3 is 2.63 bits per heavy atom. The highest BCUT2D eigenvalue weighted by Gasteiger charge is 2.68. The standard InChI is InChI=1S/C20H24ClN3O3/c1-3-8-19(11-15-4-6-16(21)7-5-15)10-9-18(2,17(25)26)20(19,27)12-24-14-22-13-23-24/h3-7,13-14,27H,1,8-12H2,2H3,(H,25,26). The molecule has 3 rings (SSSR count). The molecule has 0 aliphatic heterocycles. The second kappa shape index (κ2) is 7.09. The van der Waals surface area contributed by atoms with Crippen LogP contribution in [0.15, 0.2) is 49.6 Å². The average Bonchev–Trinajstić information content (AvgIpc) is 3.20. The monoisotopic (exact) mass is 389 g/mol. The number of nitrogens with zero attached hydrogens (tertiary/aromatic N) is 3. The van der Waals surface area contributed by atoms with Crippen molar-refractivity contribution < 1.29 is 15.0 Å². The Morgan fingerprint density at radius 1 is 1.37 bits per heavy atom. The molecule has 6 nitrogen and oxygen atoms in total. The molecule has 0 radical (unpaired) electrons. The molecule has 3 atom stereocenters. The van der Waals surface area contributed by atoms with Gasteiger partial charge >= 0.3 is 5.97 Å². The van der Waals surface area contributed by atoms with Gasteiger partial charge in [-0.3, -0.25) is 9.48 Å². The maximum atomic E-state index is 12.2. The molecule has 1 heterocycles. The third-order valence-corrected chi connectivity index (χ3v) is 6.47. The van der Waals surface area contributed by atoms with Crippen LogP contribution in [0.4, 0.5) is 0 Å². The Hall–Kier alpha value is -2.18. The zero-order chi connectivity index (χ0) is 19.7. The molecule has 2 aromatic rings. The van der Waals surface area contributed by atoms with Crippen LogP contribution in [0.3, 0.4) is 0 Å².